The molecule has 0 bridgehead atoms. The molecule has 1 atom stereocenters. The molecule has 1 N–H and O–H groups in total. The van der Waals surface area contributed by atoms with Crippen LogP contribution in [-0.2, 0) is 0 Å². The fourth-order valence-corrected chi connectivity index (χ4v) is 4.23. The number of piperazine rings is 1. The maximum atomic E-state index is 13.5. The van der Waals surface area contributed by atoms with Gasteiger partial charge in [0.15, 0.2) is 0 Å². The van der Waals surface area contributed by atoms with Gasteiger partial charge in [0, 0.05) is 50.0 Å². The first-order valence-electron chi connectivity index (χ1n) is 9.85. The quantitative estimate of drug-likeness (QED) is 0.780. The molecular weight excluding hydrogens is 325 g/mol. The van der Waals surface area contributed by atoms with Gasteiger partial charge in [0.25, 0.3) is 0 Å². The van der Waals surface area contributed by atoms with Crippen molar-refractivity contribution in [3.8, 4) is 0 Å². The average molecular weight is 353 g/mol. The van der Waals surface area contributed by atoms with Gasteiger partial charge in [-0.2, -0.15) is 0 Å². The summed E-state index contributed by atoms with van der Waals surface area (Å²) in [7, 11) is 0. The van der Waals surface area contributed by atoms with Crippen LogP contribution >= 0.6 is 0 Å². The first-order valence-corrected chi connectivity index (χ1v) is 9.85. The van der Waals surface area contributed by atoms with E-state index in [1.54, 1.807) is 12.1 Å². The van der Waals surface area contributed by atoms with E-state index in [9.17, 15) is 4.39 Å². The highest BCUT2D eigenvalue weighted by Gasteiger charge is 2.22. The van der Waals surface area contributed by atoms with Crippen LogP contribution in [0.1, 0.15) is 30.7 Å². The van der Waals surface area contributed by atoms with E-state index < -0.39 is 0 Å². The lowest BCUT2D eigenvalue weighted by Crippen LogP contribution is -2.46. The van der Waals surface area contributed by atoms with Gasteiger partial charge in [0.1, 0.15) is 5.82 Å². The summed E-state index contributed by atoms with van der Waals surface area (Å²) >= 11 is 0. The molecule has 26 heavy (non-hydrogen) atoms. The van der Waals surface area contributed by atoms with Crippen LogP contribution in [0.15, 0.2) is 48.5 Å². The average Bonchev–Trinajstić information content (AvgIpc) is 3.08. The van der Waals surface area contributed by atoms with Gasteiger partial charge in [-0.3, -0.25) is 4.90 Å². The molecule has 4 rings (SSSR count). The Bertz CT molecular complexity index is 711. The third-order valence-corrected chi connectivity index (χ3v) is 5.76. The van der Waals surface area contributed by atoms with Crippen molar-refractivity contribution in [2.24, 2.45) is 0 Å². The molecular formula is C22H28FN3. The summed E-state index contributed by atoms with van der Waals surface area (Å²) in [6, 6.07) is 15.8. The first-order chi connectivity index (χ1) is 12.8. The third-order valence-electron chi connectivity index (χ3n) is 5.76. The van der Waals surface area contributed by atoms with Gasteiger partial charge in [0.2, 0.25) is 0 Å². The van der Waals surface area contributed by atoms with Crippen molar-refractivity contribution in [2.45, 2.75) is 25.2 Å². The number of nitrogens with zero attached hydrogens (tertiary/aromatic N) is 2. The van der Waals surface area contributed by atoms with Crippen LogP contribution in [0.25, 0.3) is 0 Å². The molecule has 0 saturated carbocycles. The van der Waals surface area contributed by atoms with Crippen molar-refractivity contribution < 1.29 is 4.39 Å². The van der Waals surface area contributed by atoms with Crippen LogP contribution in [0.5, 0.6) is 0 Å². The normalized spacial score (nSPS) is 20.0. The lowest BCUT2D eigenvalue weighted by Gasteiger charge is -2.36. The minimum absolute atomic E-state index is 0.117. The summed E-state index contributed by atoms with van der Waals surface area (Å²) in [5.41, 5.74) is 3.63. The molecule has 2 aromatic carbocycles. The maximum absolute atomic E-state index is 13.5. The van der Waals surface area contributed by atoms with Crippen LogP contribution in [-0.4, -0.2) is 44.2 Å². The van der Waals surface area contributed by atoms with E-state index in [0.717, 1.165) is 44.8 Å². The van der Waals surface area contributed by atoms with E-state index in [1.165, 1.54) is 30.6 Å². The number of benzene rings is 2. The van der Waals surface area contributed by atoms with Crippen molar-refractivity contribution in [3.05, 3.63) is 59.9 Å². The highest BCUT2D eigenvalue weighted by molar-refractivity contribution is 5.57. The van der Waals surface area contributed by atoms with E-state index >= 15 is 0 Å². The molecule has 138 valence electrons. The zero-order chi connectivity index (χ0) is 17.8. The van der Waals surface area contributed by atoms with Crippen LogP contribution in [0.3, 0.4) is 0 Å². The zero-order valence-corrected chi connectivity index (χ0v) is 15.3. The summed E-state index contributed by atoms with van der Waals surface area (Å²) < 4.78 is 13.5. The molecule has 0 aromatic heterocycles. The molecule has 0 radical (unpaired) electrons. The van der Waals surface area contributed by atoms with Crippen molar-refractivity contribution in [1.29, 1.82) is 0 Å². The molecule has 4 heteroatoms. The van der Waals surface area contributed by atoms with Gasteiger partial charge in [0.05, 0.1) is 0 Å². The van der Waals surface area contributed by atoms with Crippen molar-refractivity contribution in [2.75, 3.05) is 49.5 Å². The summed E-state index contributed by atoms with van der Waals surface area (Å²) in [6.07, 6.45) is 3.58. The Hall–Kier alpha value is -2.07. The van der Waals surface area contributed by atoms with E-state index in [-0.39, 0.29) is 5.82 Å². The van der Waals surface area contributed by atoms with Gasteiger partial charge in [-0.15, -0.1) is 0 Å². The predicted octanol–water partition coefficient (Wildman–Crippen LogP) is 4.33. The number of unbranched alkanes of at least 4 members (excludes halogenated alkanes) is 1. The lowest BCUT2D eigenvalue weighted by molar-refractivity contribution is 0.251. The Morgan fingerprint density at radius 1 is 0.962 bits per heavy atom. The predicted molar refractivity (Wildman–Crippen MR) is 107 cm³/mol. The SMILES string of the molecule is Fc1ccc2c(c1)C(CCCCN1CCN(c3ccccc3)CC1)CN2. The largest absolute Gasteiger partial charge is 0.384 e. The van der Waals surface area contributed by atoms with Crippen LogP contribution in [0, 0.1) is 5.82 Å². The number of fused-ring (bicyclic) bond motifs is 1. The second kappa shape index (κ2) is 8.09. The number of rotatable bonds is 6. The van der Waals surface area contributed by atoms with Gasteiger partial charge < -0.3 is 10.2 Å². The van der Waals surface area contributed by atoms with Gasteiger partial charge in [-0.05, 0) is 55.3 Å². The van der Waals surface area contributed by atoms with E-state index in [1.807, 2.05) is 6.07 Å². The lowest BCUT2D eigenvalue weighted by atomic mass is 9.95. The summed E-state index contributed by atoms with van der Waals surface area (Å²) in [5, 5.41) is 3.41. The summed E-state index contributed by atoms with van der Waals surface area (Å²) in [4.78, 5) is 5.06. The van der Waals surface area contributed by atoms with Gasteiger partial charge >= 0.3 is 0 Å². The van der Waals surface area contributed by atoms with Crippen molar-refractivity contribution in [3.63, 3.8) is 0 Å². The Labute approximate surface area is 155 Å². The highest BCUT2D eigenvalue weighted by atomic mass is 19.1. The topological polar surface area (TPSA) is 18.5 Å². The molecule has 2 aromatic rings. The fraction of sp³-hybridized carbons (Fsp3) is 0.455. The minimum Gasteiger partial charge on any atom is -0.384 e. The minimum atomic E-state index is -0.117. The molecule has 2 aliphatic heterocycles. The number of hydrogen-bond donors (Lipinski definition) is 1. The molecule has 0 aliphatic carbocycles. The molecule has 3 nitrogen and oxygen atoms in total. The smallest absolute Gasteiger partial charge is 0.123 e. The zero-order valence-electron chi connectivity index (χ0n) is 15.3. The first kappa shape index (κ1) is 17.3. The maximum Gasteiger partial charge on any atom is 0.123 e. The molecule has 1 unspecified atom stereocenters. The highest BCUT2D eigenvalue weighted by Crippen LogP contribution is 2.35. The molecule has 0 amide bonds. The van der Waals surface area contributed by atoms with E-state index in [4.69, 9.17) is 0 Å². The molecule has 2 aliphatic rings. The van der Waals surface area contributed by atoms with Gasteiger partial charge in [-0.1, -0.05) is 24.6 Å². The van der Waals surface area contributed by atoms with Crippen molar-refractivity contribution >= 4 is 11.4 Å². The summed E-state index contributed by atoms with van der Waals surface area (Å²) in [5.74, 6) is 0.351. The standard InChI is InChI=1S/C22H28FN3/c23-19-9-10-22-21(16-19)18(17-24-22)6-4-5-11-25-12-14-26(15-13-25)20-7-2-1-3-8-20/h1-3,7-10,16,18,24H,4-6,11-15,17H2. The van der Waals surface area contributed by atoms with Crippen molar-refractivity contribution in [1.82, 2.24) is 4.90 Å². The number of halogens is 1. The number of anilines is 2. The Morgan fingerprint density at radius 2 is 1.77 bits per heavy atom. The number of nitrogens with one attached hydrogen (secondary N) is 1. The van der Waals surface area contributed by atoms with Crippen LogP contribution < -0.4 is 10.2 Å². The Balaban J connectivity index is 1.17. The van der Waals surface area contributed by atoms with E-state index in [2.05, 4.69) is 45.4 Å². The molecule has 1 fully saturated rings. The van der Waals surface area contributed by atoms with Crippen LogP contribution in [0.2, 0.25) is 0 Å². The van der Waals surface area contributed by atoms with Gasteiger partial charge in [-0.25, -0.2) is 4.39 Å². The monoisotopic (exact) mass is 353 g/mol. The summed E-state index contributed by atoms with van der Waals surface area (Å²) in [6.45, 7) is 6.65. The molecule has 0 spiro atoms. The van der Waals surface area contributed by atoms with Crippen LogP contribution in [0.4, 0.5) is 15.8 Å². The Morgan fingerprint density at radius 3 is 2.58 bits per heavy atom. The Kier molecular flexibility index (Phi) is 5.40. The molecule has 1 saturated heterocycles. The second-order valence-corrected chi connectivity index (χ2v) is 7.47. The third kappa shape index (κ3) is 4.01. The number of hydrogen-bond acceptors (Lipinski definition) is 3. The van der Waals surface area contributed by atoms with E-state index in [0.29, 0.717) is 5.92 Å². The fourth-order valence-electron chi connectivity index (χ4n) is 4.23. The molecule has 2 heterocycles. The second-order valence-electron chi connectivity index (χ2n) is 7.47. The number of para-hydroxylation sites is 1.